The van der Waals surface area contributed by atoms with E-state index < -0.39 is 5.97 Å². The topological polar surface area (TPSA) is 82.5 Å². The summed E-state index contributed by atoms with van der Waals surface area (Å²) >= 11 is 0. The van der Waals surface area contributed by atoms with Crippen LogP contribution < -0.4 is 5.32 Å². The van der Waals surface area contributed by atoms with Gasteiger partial charge in [0.2, 0.25) is 0 Å². The van der Waals surface area contributed by atoms with Gasteiger partial charge in [-0.15, -0.1) is 0 Å². The number of pyridine rings is 1. The van der Waals surface area contributed by atoms with Crippen molar-refractivity contribution in [1.29, 1.82) is 0 Å². The highest BCUT2D eigenvalue weighted by molar-refractivity contribution is 5.86. The molecular formula is C11H16N2O3. The molecule has 16 heavy (non-hydrogen) atoms. The van der Waals surface area contributed by atoms with Crippen LogP contribution in [0.5, 0.6) is 0 Å². The van der Waals surface area contributed by atoms with Gasteiger partial charge in [-0.1, -0.05) is 6.92 Å². The van der Waals surface area contributed by atoms with Gasteiger partial charge in [-0.25, -0.2) is 9.78 Å². The number of anilines is 1. The van der Waals surface area contributed by atoms with Crippen molar-refractivity contribution in [3.05, 3.63) is 24.0 Å². The van der Waals surface area contributed by atoms with E-state index in [0.717, 1.165) is 12.1 Å². The summed E-state index contributed by atoms with van der Waals surface area (Å²) < 4.78 is 0. The lowest BCUT2D eigenvalue weighted by Crippen LogP contribution is -2.13. The number of carboxylic acid groups (broad SMARTS) is 1. The van der Waals surface area contributed by atoms with Gasteiger partial charge in [0.25, 0.3) is 0 Å². The van der Waals surface area contributed by atoms with Gasteiger partial charge in [0.05, 0.1) is 0 Å². The zero-order chi connectivity index (χ0) is 12.0. The summed E-state index contributed by atoms with van der Waals surface area (Å²) in [5.74, 6) is -0.696. The molecule has 1 atom stereocenters. The quantitative estimate of drug-likeness (QED) is 0.676. The Bertz CT molecular complexity index is 355. The number of nitrogens with zero attached hydrogens (tertiary/aromatic N) is 1. The van der Waals surface area contributed by atoms with Crippen molar-refractivity contribution in [1.82, 2.24) is 4.98 Å². The van der Waals surface area contributed by atoms with Gasteiger partial charge < -0.3 is 15.5 Å². The number of hydrogen-bond acceptors (Lipinski definition) is 4. The second-order valence-electron chi connectivity index (χ2n) is 3.73. The number of aromatic nitrogens is 1. The molecule has 0 bridgehead atoms. The van der Waals surface area contributed by atoms with E-state index >= 15 is 0 Å². The first-order valence-electron chi connectivity index (χ1n) is 5.17. The lowest BCUT2D eigenvalue weighted by atomic mass is 10.1. The van der Waals surface area contributed by atoms with Crippen LogP contribution in [-0.2, 0) is 0 Å². The second kappa shape index (κ2) is 6.07. The highest BCUT2D eigenvalue weighted by atomic mass is 16.4. The molecule has 0 saturated heterocycles. The Morgan fingerprint density at radius 3 is 3.00 bits per heavy atom. The van der Waals surface area contributed by atoms with Crippen LogP contribution in [0.4, 0.5) is 5.69 Å². The molecule has 5 nitrogen and oxygen atoms in total. The Morgan fingerprint density at radius 1 is 1.62 bits per heavy atom. The third-order valence-corrected chi connectivity index (χ3v) is 2.26. The van der Waals surface area contributed by atoms with Crippen molar-refractivity contribution < 1.29 is 15.0 Å². The van der Waals surface area contributed by atoms with Gasteiger partial charge >= 0.3 is 5.97 Å². The Morgan fingerprint density at radius 2 is 2.38 bits per heavy atom. The highest BCUT2D eigenvalue weighted by Gasteiger charge is 2.05. The van der Waals surface area contributed by atoms with Crippen molar-refractivity contribution in [2.45, 2.75) is 13.3 Å². The third kappa shape index (κ3) is 3.86. The number of aromatic carboxylic acids is 1. The Balaban J connectivity index is 2.54. The summed E-state index contributed by atoms with van der Waals surface area (Å²) in [6, 6.07) is 3.21. The number of hydrogen-bond donors (Lipinski definition) is 3. The average molecular weight is 224 g/mol. The minimum absolute atomic E-state index is 0.0276. The van der Waals surface area contributed by atoms with Gasteiger partial charge in [0.15, 0.2) is 0 Å². The fourth-order valence-electron chi connectivity index (χ4n) is 1.27. The SMILES string of the molecule is CC(CCO)CNc1ccnc(C(=O)O)c1. The molecule has 1 unspecified atom stereocenters. The fraction of sp³-hybridized carbons (Fsp3) is 0.455. The summed E-state index contributed by atoms with van der Waals surface area (Å²) in [6.45, 7) is 2.88. The lowest BCUT2D eigenvalue weighted by molar-refractivity contribution is 0.0690. The first-order valence-corrected chi connectivity index (χ1v) is 5.17. The maximum absolute atomic E-state index is 10.7. The third-order valence-electron chi connectivity index (χ3n) is 2.26. The number of nitrogens with one attached hydrogen (secondary N) is 1. The number of aliphatic hydroxyl groups is 1. The molecule has 1 rings (SSSR count). The van der Waals surface area contributed by atoms with Gasteiger partial charge in [-0.2, -0.15) is 0 Å². The molecule has 0 aliphatic rings. The van der Waals surface area contributed by atoms with Crippen LogP contribution in [0, 0.1) is 5.92 Å². The predicted molar refractivity (Wildman–Crippen MR) is 60.6 cm³/mol. The molecule has 0 amide bonds. The normalized spacial score (nSPS) is 12.1. The summed E-state index contributed by atoms with van der Waals surface area (Å²) in [7, 11) is 0. The molecule has 0 aliphatic carbocycles. The average Bonchev–Trinajstić information content (AvgIpc) is 2.27. The van der Waals surface area contributed by atoms with E-state index in [1.807, 2.05) is 6.92 Å². The van der Waals surface area contributed by atoms with Gasteiger partial charge in [-0.05, 0) is 24.5 Å². The van der Waals surface area contributed by atoms with Crippen molar-refractivity contribution >= 4 is 11.7 Å². The van der Waals surface area contributed by atoms with Crippen LogP contribution in [0.15, 0.2) is 18.3 Å². The summed E-state index contributed by atoms with van der Waals surface area (Å²) in [5.41, 5.74) is 0.761. The molecular weight excluding hydrogens is 208 g/mol. The molecule has 1 heterocycles. The zero-order valence-electron chi connectivity index (χ0n) is 9.18. The maximum atomic E-state index is 10.7. The largest absolute Gasteiger partial charge is 0.477 e. The molecule has 0 spiro atoms. The minimum atomic E-state index is -1.04. The Labute approximate surface area is 94.1 Å². The second-order valence-corrected chi connectivity index (χ2v) is 3.73. The van der Waals surface area contributed by atoms with E-state index in [-0.39, 0.29) is 12.3 Å². The minimum Gasteiger partial charge on any atom is -0.477 e. The smallest absolute Gasteiger partial charge is 0.354 e. The van der Waals surface area contributed by atoms with Crippen LogP contribution in [0.1, 0.15) is 23.8 Å². The number of carboxylic acids is 1. The standard InChI is InChI=1S/C11H16N2O3/c1-8(3-5-14)7-13-9-2-4-12-10(6-9)11(15)16/h2,4,6,8,14H,3,5,7H2,1H3,(H,12,13)(H,15,16). The van der Waals surface area contributed by atoms with E-state index in [0.29, 0.717) is 12.5 Å². The Kier molecular flexibility index (Phi) is 4.72. The molecule has 0 saturated carbocycles. The van der Waals surface area contributed by atoms with Crippen molar-refractivity contribution in [2.75, 3.05) is 18.5 Å². The monoisotopic (exact) mass is 224 g/mol. The van der Waals surface area contributed by atoms with Gasteiger partial charge in [0, 0.05) is 25.0 Å². The number of carbonyl (C=O) groups is 1. The number of aliphatic hydroxyl groups excluding tert-OH is 1. The molecule has 0 aromatic carbocycles. The van der Waals surface area contributed by atoms with Crippen LogP contribution in [-0.4, -0.2) is 34.3 Å². The molecule has 0 fully saturated rings. The molecule has 0 aliphatic heterocycles. The molecule has 88 valence electrons. The summed E-state index contributed by atoms with van der Waals surface area (Å²) in [4.78, 5) is 14.4. The molecule has 3 N–H and O–H groups in total. The van der Waals surface area contributed by atoms with Crippen molar-refractivity contribution in [3.63, 3.8) is 0 Å². The number of rotatable bonds is 6. The maximum Gasteiger partial charge on any atom is 0.354 e. The highest BCUT2D eigenvalue weighted by Crippen LogP contribution is 2.10. The van der Waals surface area contributed by atoms with E-state index in [4.69, 9.17) is 10.2 Å². The molecule has 5 heteroatoms. The first kappa shape index (κ1) is 12.4. The van der Waals surface area contributed by atoms with Crippen LogP contribution in [0.25, 0.3) is 0 Å². The summed E-state index contributed by atoms with van der Waals surface area (Å²) in [6.07, 6.45) is 2.19. The van der Waals surface area contributed by atoms with E-state index in [2.05, 4.69) is 10.3 Å². The Hall–Kier alpha value is -1.62. The predicted octanol–water partition coefficient (Wildman–Crippen LogP) is 1.21. The van der Waals surface area contributed by atoms with E-state index in [1.165, 1.54) is 12.3 Å². The lowest BCUT2D eigenvalue weighted by Gasteiger charge is -2.12. The van der Waals surface area contributed by atoms with Crippen molar-refractivity contribution in [2.24, 2.45) is 5.92 Å². The zero-order valence-corrected chi connectivity index (χ0v) is 9.18. The molecule has 1 aromatic heterocycles. The summed E-state index contributed by atoms with van der Waals surface area (Å²) in [5, 5.41) is 20.6. The van der Waals surface area contributed by atoms with Crippen LogP contribution >= 0.6 is 0 Å². The first-order chi connectivity index (χ1) is 7.63. The van der Waals surface area contributed by atoms with Crippen molar-refractivity contribution in [3.8, 4) is 0 Å². The molecule has 1 aromatic rings. The van der Waals surface area contributed by atoms with E-state index in [1.54, 1.807) is 6.07 Å². The van der Waals surface area contributed by atoms with Crippen LogP contribution in [0.3, 0.4) is 0 Å². The molecule has 0 radical (unpaired) electrons. The van der Waals surface area contributed by atoms with Crippen LogP contribution in [0.2, 0.25) is 0 Å². The van der Waals surface area contributed by atoms with Gasteiger partial charge in [-0.3, -0.25) is 0 Å². The van der Waals surface area contributed by atoms with Gasteiger partial charge in [0.1, 0.15) is 5.69 Å². The fourth-order valence-corrected chi connectivity index (χ4v) is 1.27. The van der Waals surface area contributed by atoms with E-state index in [9.17, 15) is 4.79 Å².